The molecule has 0 heterocycles. The first kappa shape index (κ1) is 20.3. The molecule has 0 fully saturated rings. The molecule has 0 spiro atoms. The molecule has 0 aliphatic carbocycles. The third-order valence-electron chi connectivity index (χ3n) is 4.54. The van der Waals surface area contributed by atoms with Crippen LogP contribution in [-0.2, 0) is 13.2 Å². The lowest BCUT2D eigenvalue weighted by Gasteiger charge is -2.17. The van der Waals surface area contributed by atoms with Crippen molar-refractivity contribution >= 4 is 11.7 Å². The van der Waals surface area contributed by atoms with Crippen LogP contribution in [0.5, 0.6) is 11.5 Å². The van der Waals surface area contributed by atoms with Crippen molar-refractivity contribution in [3.63, 3.8) is 0 Å². The van der Waals surface area contributed by atoms with E-state index in [0.29, 0.717) is 31.3 Å². The molecule has 3 aromatic carbocycles. The maximum absolute atomic E-state index is 11.3. The zero-order valence-corrected chi connectivity index (χ0v) is 16.6. The van der Waals surface area contributed by atoms with Crippen LogP contribution in [0.3, 0.4) is 0 Å². The minimum absolute atomic E-state index is 0.252. The summed E-state index contributed by atoms with van der Waals surface area (Å²) in [5.41, 5.74) is 4.01. The van der Waals surface area contributed by atoms with E-state index < -0.39 is 5.97 Å². The van der Waals surface area contributed by atoms with E-state index in [-0.39, 0.29) is 5.56 Å². The number of nitrogens with one attached hydrogen (secondary N) is 1. The number of rotatable bonds is 9. The van der Waals surface area contributed by atoms with Gasteiger partial charge in [0, 0.05) is 17.8 Å². The number of ether oxygens (including phenoxy) is 2. The van der Waals surface area contributed by atoms with Gasteiger partial charge in [0.05, 0.1) is 12.2 Å². The van der Waals surface area contributed by atoms with Crippen molar-refractivity contribution < 1.29 is 19.4 Å². The smallest absolute Gasteiger partial charge is 0.335 e. The lowest BCUT2D eigenvalue weighted by Crippen LogP contribution is -2.07. The van der Waals surface area contributed by atoms with Gasteiger partial charge in [-0.25, -0.2) is 4.79 Å². The molecular weight excluding hydrogens is 366 g/mol. The van der Waals surface area contributed by atoms with Crippen molar-refractivity contribution in [2.75, 3.05) is 11.9 Å². The molecule has 0 atom stereocenters. The molecule has 0 bridgehead atoms. The predicted molar refractivity (Wildman–Crippen MR) is 114 cm³/mol. The number of para-hydroxylation sites is 1. The number of carboxylic acid groups (broad SMARTS) is 1. The summed E-state index contributed by atoms with van der Waals surface area (Å²) >= 11 is 0. The van der Waals surface area contributed by atoms with Crippen molar-refractivity contribution in [2.24, 2.45) is 0 Å². The highest BCUT2D eigenvalue weighted by Crippen LogP contribution is 2.33. The van der Waals surface area contributed by atoms with Crippen LogP contribution in [0.4, 0.5) is 5.69 Å². The third kappa shape index (κ3) is 5.29. The molecule has 5 heteroatoms. The predicted octanol–water partition coefficient (Wildman–Crippen LogP) is 5.28. The summed E-state index contributed by atoms with van der Waals surface area (Å²) in [5.74, 6) is 0.440. The number of carboxylic acids is 1. The van der Waals surface area contributed by atoms with Gasteiger partial charge in [0.15, 0.2) is 11.5 Å². The maximum atomic E-state index is 11.3. The zero-order valence-electron chi connectivity index (χ0n) is 16.6. The van der Waals surface area contributed by atoms with E-state index in [0.717, 1.165) is 22.4 Å². The van der Waals surface area contributed by atoms with Crippen molar-refractivity contribution in [1.82, 2.24) is 0 Å². The van der Waals surface area contributed by atoms with E-state index in [4.69, 9.17) is 9.47 Å². The molecule has 0 unspecified atom stereocenters. The molecule has 0 saturated heterocycles. The summed E-state index contributed by atoms with van der Waals surface area (Å²) < 4.78 is 11.9. The quantitative estimate of drug-likeness (QED) is 0.519. The molecule has 3 rings (SSSR count). The van der Waals surface area contributed by atoms with Crippen molar-refractivity contribution in [3.8, 4) is 11.5 Å². The Kier molecular flexibility index (Phi) is 6.74. The molecule has 5 nitrogen and oxygen atoms in total. The number of carbonyl (C=O) groups is 1. The Morgan fingerprint density at radius 2 is 1.79 bits per heavy atom. The second kappa shape index (κ2) is 9.64. The van der Waals surface area contributed by atoms with E-state index in [1.54, 1.807) is 18.2 Å². The topological polar surface area (TPSA) is 67.8 Å². The fraction of sp³-hybridized carbons (Fsp3) is 0.208. The average molecular weight is 391 g/mol. The monoisotopic (exact) mass is 391 g/mol. The summed E-state index contributed by atoms with van der Waals surface area (Å²) in [6, 6.07) is 20.8. The Labute approximate surface area is 170 Å². The van der Waals surface area contributed by atoms with Gasteiger partial charge in [-0.3, -0.25) is 0 Å². The Morgan fingerprint density at radius 1 is 1.00 bits per heavy atom. The van der Waals surface area contributed by atoms with Gasteiger partial charge in [-0.15, -0.1) is 0 Å². The second-order valence-electron chi connectivity index (χ2n) is 6.64. The van der Waals surface area contributed by atoms with E-state index >= 15 is 0 Å². The van der Waals surface area contributed by atoms with Crippen LogP contribution in [-0.4, -0.2) is 17.7 Å². The highest BCUT2D eigenvalue weighted by atomic mass is 16.5. The molecule has 2 N–H and O–H groups in total. The van der Waals surface area contributed by atoms with Gasteiger partial charge in [0.25, 0.3) is 0 Å². The largest absolute Gasteiger partial charge is 0.490 e. The minimum Gasteiger partial charge on any atom is -0.490 e. The molecule has 0 saturated carbocycles. The van der Waals surface area contributed by atoms with Crippen molar-refractivity contribution in [3.05, 3.63) is 89.0 Å². The van der Waals surface area contributed by atoms with Crippen molar-refractivity contribution in [1.29, 1.82) is 0 Å². The van der Waals surface area contributed by atoms with Gasteiger partial charge in [0.2, 0.25) is 0 Å². The van der Waals surface area contributed by atoms with Gasteiger partial charge in [-0.2, -0.15) is 0 Å². The lowest BCUT2D eigenvalue weighted by molar-refractivity contribution is 0.0697. The minimum atomic E-state index is -0.946. The fourth-order valence-corrected chi connectivity index (χ4v) is 3.00. The summed E-state index contributed by atoms with van der Waals surface area (Å²) in [5, 5.41) is 12.6. The Bertz CT molecular complexity index is 970. The Morgan fingerprint density at radius 3 is 2.52 bits per heavy atom. The summed E-state index contributed by atoms with van der Waals surface area (Å²) in [6.07, 6.45) is 0. The van der Waals surface area contributed by atoms with Gasteiger partial charge >= 0.3 is 5.97 Å². The Hall–Kier alpha value is -3.47. The average Bonchev–Trinajstić information content (AvgIpc) is 2.73. The number of hydrogen-bond acceptors (Lipinski definition) is 4. The van der Waals surface area contributed by atoms with Crippen LogP contribution in [0.25, 0.3) is 0 Å². The first-order valence-electron chi connectivity index (χ1n) is 9.57. The number of aromatic carboxylic acids is 1. The summed E-state index contributed by atoms with van der Waals surface area (Å²) in [7, 11) is 0. The zero-order chi connectivity index (χ0) is 20.6. The molecule has 0 amide bonds. The standard InChI is InChI=1S/C24H25NO4/c1-3-28-22-11-7-10-20(23(22)29-16-18-8-5-4-6-9-18)15-25-21-14-19(24(26)27)13-12-17(21)2/h4-14,25H,3,15-16H2,1-2H3,(H,26,27). The van der Waals surface area contributed by atoms with Crippen LogP contribution >= 0.6 is 0 Å². The molecule has 29 heavy (non-hydrogen) atoms. The van der Waals surface area contributed by atoms with Gasteiger partial charge in [-0.05, 0) is 43.2 Å². The molecular formula is C24H25NO4. The first-order chi connectivity index (χ1) is 14.1. The van der Waals surface area contributed by atoms with Crippen LogP contribution in [0.15, 0.2) is 66.7 Å². The lowest BCUT2D eigenvalue weighted by atomic mass is 10.1. The third-order valence-corrected chi connectivity index (χ3v) is 4.54. The molecule has 0 aromatic heterocycles. The normalized spacial score (nSPS) is 10.4. The molecule has 150 valence electrons. The van der Waals surface area contributed by atoms with Gasteiger partial charge < -0.3 is 19.9 Å². The van der Waals surface area contributed by atoms with Crippen LogP contribution in [0.2, 0.25) is 0 Å². The van der Waals surface area contributed by atoms with Gasteiger partial charge in [-0.1, -0.05) is 48.5 Å². The van der Waals surface area contributed by atoms with E-state index in [9.17, 15) is 9.90 Å². The second-order valence-corrected chi connectivity index (χ2v) is 6.64. The van der Waals surface area contributed by atoms with E-state index in [1.165, 1.54) is 0 Å². The Balaban J connectivity index is 1.82. The van der Waals surface area contributed by atoms with Gasteiger partial charge in [0.1, 0.15) is 6.61 Å². The van der Waals surface area contributed by atoms with Crippen LogP contribution in [0.1, 0.15) is 34.0 Å². The summed E-state index contributed by atoms with van der Waals surface area (Å²) in [4.78, 5) is 11.3. The van der Waals surface area contributed by atoms with Crippen molar-refractivity contribution in [2.45, 2.75) is 27.0 Å². The number of aryl methyl sites for hydroxylation is 1. The highest BCUT2D eigenvalue weighted by molar-refractivity contribution is 5.89. The fourth-order valence-electron chi connectivity index (χ4n) is 3.00. The number of benzene rings is 3. The van der Waals surface area contributed by atoms with Crippen LogP contribution in [0, 0.1) is 6.92 Å². The molecule has 0 aliphatic heterocycles. The molecule has 3 aromatic rings. The number of anilines is 1. The SMILES string of the molecule is CCOc1cccc(CNc2cc(C(=O)O)ccc2C)c1OCc1ccccc1. The first-order valence-corrected chi connectivity index (χ1v) is 9.57. The molecule has 0 aliphatic rings. The van der Waals surface area contributed by atoms with Crippen LogP contribution < -0.4 is 14.8 Å². The molecule has 0 radical (unpaired) electrons. The highest BCUT2D eigenvalue weighted by Gasteiger charge is 2.13. The maximum Gasteiger partial charge on any atom is 0.335 e. The van der Waals surface area contributed by atoms with E-state index in [2.05, 4.69) is 5.32 Å². The number of hydrogen-bond donors (Lipinski definition) is 2. The van der Waals surface area contributed by atoms with E-state index in [1.807, 2.05) is 62.4 Å². The summed E-state index contributed by atoms with van der Waals surface area (Å²) in [6.45, 7) is 5.34.